The van der Waals surface area contributed by atoms with Crippen molar-refractivity contribution >= 4 is 10.0 Å². The van der Waals surface area contributed by atoms with Crippen molar-refractivity contribution in [1.82, 2.24) is 9.62 Å². The molecule has 6 heteroatoms. The summed E-state index contributed by atoms with van der Waals surface area (Å²) in [6.07, 6.45) is 1.59. The number of sulfonamides is 1. The molecule has 0 aliphatic carbocycles. The molecule has 1 saturated heterocycles. The lowest BCUT2D eigenvalue weighted by Gasteiger charge is -2.31. The van der Waals surface area contributed by atoms with Crippen LogP contribution in [0.3, 0.4) is 0 Å². The van der Waals surface area contributed by atoms with Crippen LogP contribution in [0, 0.1) is 5.82 Å². The zero-order chi connectivity index (χ0) is 13.9. The SMILES string of the molecule is CCNC1CCN(S(=O)(=O)c2cccc(F)c2)CC1. The van der Waals surface area contributed by atoms with Crippen molar-refractivity contribution < 1.29 is 12.8 Å². The van der Waals surface area contributed by atoms with Gasteiger partial charge in [-0.2, -0.15) is 4.31 Å². The van der Waals surface area contributed by atoms with E-state index in [2.05, 4.69) is 5.32 Å². The predicted octanol–water partition coefficient (Wildman–Crippen LogP) is 1.59. The number of halogens is 1. The van der Waals surface area contributed by atoms with Crippen LogP contribution >= 0.6 is 0 Å². The highest BCUT2D eigenvalue weighted by molar-refractivity contribution is 7.89. The van der Waals surface area contributed by atoms with Gasteiger partial charge in [-0.05, 0) is 37.6 Å². The first-order valence-electron chi connectivity index (χ1n) is 6.53. The highest BCUT2D eigenvalue weighted by Gasteiger charge is 2.29. The molecule has 0 unspecified atom stereocenters. The van der Waals surface area contributed by atoms with Gasteiger partial charge in [0.25, 0.3) is 0 Å². The van der Waals surface area contributed by atoms with Gasteiger partial charge >= 0.3 is 0 Å². The van der Waals surface area contributed by atoms with Gasteiger partial charge < -0.3 is 5.32 Å². The second-order valence-electron chi connectivity index (χ2n) is 4.69. The lowest BCUT2D eigenvalue weighted by Crippen LogP contribution is -2.44. The minimum atomic E-state index is -3.56. The van der Waals surface area contributed by atoms with Crippen LogP contribution < -0.4 is 5.32 Å². The van der Waals surface area contributed by atoms with Gasteiger partial charge in [0.1, 0.15) is 5.82 Å². The third-order valence-electron chi connectivity index (χ3n) is 3.38. The van der Waals surface area contributed by atoms with Crippen molar-refractivity contribution in [3.05, 3.63) is 30.1 Å². The first-order valence-corrected chi connectivity index (χ1v) is 7.97. The largest absolute Gasteiger partial charge is 0.314 e. The molecule has 1 fully saturated rings. The summed E-state index contributed by atoms with van der Waals surface area (Å²) in [4.78, 5) is 0.0365. The third kappa shape index (κ3) is 3.32. The zero-order valence-corrected chi connectivity index (χ0v) is 11.8. The Balaban J connectivity index is 2.10. The quantitative estimate of drug-likeness (QED) is 0.914. The van der Waals surface area contributed by atoms with Crippen molar-refractivity contribution in [2.24, 2.45) is 0 Å². The topological polar surface area (TPSA) is 49.4 Å². The van der Waals surface area contributed by atoms with Gasteiger partial charge in [0.15, 0.2) is 0 Å². The van der Waals surface area contributed by atoms with Crippen LogP contribution in [0.1, 0.15) is 19.8 Å². The van der Waals surface area contributed by atoms with Crippen LogP contribution in [0.4, 0.5) is 4.39 Å². The van der Waals surface area contributed by atoms with Crippen LogP contribution in [0.5, 0.6) is 0 Å². The molecule has 0 saturated carbocycles. The van der Waals surface area contributed by atoms with E-state index in [9.17, 15) is 12.8 Å². The Morgan fingerprint density at radius 2 is 2.05 bits per heavy atom. The van der Waals surface area contributed by atoms with Gasteiger partial charge in [0, 0.05) is 19.1 Å². The van der Waals surface area contributed by atoms with E-state index < -0.39 is 15.8 Å². The minimum absolute atomic E-state index is 0.0365. The van der Waals surface area contributed by atoms with E-state index in [1.54, 1.807) is 0 Å². The highest BCUT2D eigenvalue weighted by Crippen LogP contribution is 2.21. The van der Waals surface area contributed by atoms with Gasteiger partial charge in [-0.3, -0.25) is 0 Å². The average Bonchev–Trinajstić information content (AvgIpc) is 2.40. The molecular formula is C13H19FN2O2S. The fourth-order valence-electron chi connectivity index (χ4n) is 2.37. The molecule has 1 aromatic rings. The molecule has 19 heavy (non-hydrogen) atoms. The van der Waals surface area contributed by atoms with Crippen LogP contribution in [-0.4, -0.2) is 38.4 Å². The molecule has 0 atom stereocenters. The van der Waals surface area contributed by atoms with E-state index in [1.807, 2.05) is 6.92 Å². The third-order valence-corrected chi connectivity index (χ3v) is 5.28. The van der Waals surface area contributed by atoms with Gasteiger partial charge in [0.05, 0.1) is 4.90 Å². The van der Waals surface area contributed by atoms with Gasteiger partial charge in [-0.1, -0.05) is 13.0 Å². The lowest BCUT2D eigenvalue weighted by molar-refractivity contribution is 0.292. The van der Waals surface area contributed by atoms with Gasteiger partial charge in [-0.25, -0.2) is 12.8 Å². The Labute approximate surface area is 113 Å². The smallest absolute Gasteiger partial charge is 0.243 e. The maximum Gasteiger partial charge on any atom is 0.243 e. The molecule has 0 radical (unpaired) electrons. The van der Waals surface area contributed by atoms with E-state index in [1.165, 1.54) is 22.5 Å². The Kier molecular flexibility index (Phi) is 4.54. The van der Waals surface area contributed by atoms with Crippen molar-refractivity contribution in [1.29, 1.82) is 0 Å². The summed E-state index contributed by atoms with van der Waals surface area (Å²) in [5, 5.41) is 3.32. The monoisotopic (exact) mass is 286 g/mol. The molecule has 4 nitrogen and oxygen atoms in total. The Hall–Kier alpha value is -0.980. The standard InChI is InChI=1S/C13H19FN2O2S/c1-2-15-12-6-8-16(9-7-12)19(17,18)13-5-3-4-11(14)10-13/h3-5,10,12,15H,2,6-9H2,1H3. The molecule has 0 spiro atoms. The summed E-state index contributed by atoms with van der Waals surface area (Å²) < 4.78 is 39.3. The average molecular weight is 286 g/mol. The number of hydrogen-bond acceptors (Lipinski definition) is 3. The molecule has 1 aliphatic rings. The van der Waals surface area contributed by atoms with Crippen molar-refractivity contribution in [2.45, 2.75) is 30.7 Å². The van der Waals surface area contributed by atoms with E-state index in [0.717, 1.165) is 25.5 Å². The van der Waals surface area contributed by atoms with E-state index in [4.69, 9.17) is 0 Å². The van der Waals surface area contributed by atoms with Crippen LogP contribution in [0.2, 0.25) is 0 Å². The van der Waals surface area contributed by atoms with Crippen LogP contribution in [0.15, 0.2) is 29.2 Å². The van der Waals surface area contributed by atoms with Crippen LogP contribution in [0.25, 0.3) is 0 Å². The molecule has 1 aliphatic heterocycles. The summed E-state index contributed by atoms with van der Waals surface area (Å²) in [6, 6.07) is 5.56. The molecule has 1 aromatic carbocycles. The second kappa shape index (κ2) is 5.98. The fraction of sp³-hybridized carbons (Fsp3) is 0.538. The normalized spacial score (nSPS) is 18.6. The summed E-state index contributed by atoms with van der Waals surface area (Å²) in [7, 11) is -3.56. The Bertz CT molecular complexity index is 525. The molecule has 106 valence electrons. The fourth-order valence-corrected chi connectivity index (χ4v) is 3.87. The summed E-state index contributed by atoms with van der Waals surface area (Å²) in [5.74, 6) is -0.524. The Morgan fingerprint density at radius 3 is 2.63 bits per heavy atom. The maximum absolute atomic E-state index is 13.1. The molecule has 1 heterocycles. The number of rotatable bonds is 4. The second-order valence-corrected chi connectivity index (χ2v) is 6.63. The van der Waals surface area contributed by atoms with Crippen molar-refractivity contribution in [3.63, 3.8) is 0 Å². The van der Waals surface area contributed by atoms with E-state index in [0.29, 0.717) is 19.1 Å². The lowest BCUT2D eigenvalue weighted by atomic mass is 10.1. The van der Waals surface area contributed by atoms with E-state index >= 15 is 0 Å². The summed E-state index contributed by atoms with van der Waals surface area (Å²) >= 11 is 0. The number of nitrogens with one attached hydrogen (secondary N) is 1. The molecule has 1 N–H and O–H groups in total. The molecule has 2 rings (SSSR count). The first kappa shape index (κ1) is 14.4. The van der Waals surface area contributed by atoms with Crippen LogP contribution in [-0.2, 0) is 10.0 Å². The number of benzene rings is 1. The zero-order valence-electron chi connectivity index (χ0n) is 11.0. The molecular weight excluding hydrogens is 267 g/mol. The van der Waals surface area contributed by atoms with E-state index in [-0.39, 0.29) is 4.90 Å². The van der Waals surface area contributed by atoms with Crippen molar-refractivity contribution in [2.75, 3.05) is 19.6 Å². The first-order chi connectivity index (χ1) is 9.04. The minimum Gasteiger partial charge on any atom is -0.314 e. The summed E-state index contributed by atoms with van der Waals surface area (Å²) in [5.41, 5.74) is 0. The Morgan fingerprint density at radius 1 is 1.37 bits per heavy atom. The predicted molar refractivity (Wildman–Crippen MR) is 71.9 cm³/mol. The van der Waals surface area contributed by atoms with Gasteiger partial charge in [-0.15, -0.1) is 0 Å². The number of nitrogens with zero attached hydrogens (tertiary/aromatic N) is 1. The number of hydrogen-bond donors (Lipinski definition) is 1. The molecule has 0 amide bonds. The number of piperidine rings is 1. The van der Waals surface area contributed by atoms with Gasteiger partial charge in [0.2, 0.25) is 10.0 Å². The molecule has 0 bridgehead atoms. The molecule has 0 aromatic heterocycles. The maximum atomic E-state index is 13.1. The summed E-state index contributed by atoms with van der Waals surface area (Å²) in [6.45, 7) is 3.89. The highest BCUT2D eigenvalue weighted by atomic mass is 32.2. The van der Waals surface area contributed by atoms with Crippen molar-refractivity contribution in [3.8, 4) is 0 Å².